The summed E-state index contributed by atoms with van der Waals surface area (Å²) in [5.74, 6) is 0. The molecule has 1 aromatic rings. The maximum absolute atomic E-state index is 9.22. The van der Waals surface area contributed by atoms with Gasteiger partial charge in [0, 0.05) is 17.6 Å². The topological polar surface area (TPSA) is 32.3 Å². The third-order valence-corrected chi connectivity index (χ3v) is 3.08. The van der Waals surface area contributed by atoms with Gasteiger partial charge < -0.3 is 10.4 Å². The van der Waals surface area contributed by atoms with Crippen molar-refractivity contribution in [1.82, 2.24) is 5.32 Å². The molecular formula is C12H16ClNO. The molecule has 2 rings (SSSR count). The molecule has 0 spiro atoms. The average Bonchev–Trinajstić information content (AvgIpc) is 2.57. The highest BCUT2D eigenvalue weighted by atomic mass is 35.5. The van der Waals surface area contributed by atoms with Crippen LogP contribution in [0.25, 0.3) is 0 Å². The number of fused-ring (bicyclic) bond motifs is 1. The van der Waals surface area contributed by atoms with Gasteiger partial charge in [-0.2, -0.15) is 0 Å². The zero-order chi connectivity index (χ0) is 10.8. The van der Waals surface area contributed by atoms with Crippen molar-refractivity contribution in [2.45, 2.75) is 31.9 Å². The van der Waals surface area contributed by atoms with Gasteiger partial charge in [0.1, 0.15) is 0 Å². The second kappa shape index (κ2) is 4.52. The van der Waals surface area contributed by atoms with E-state index in [0.29, 0.717) is 12.6 Å². The first-order valence-corrected chi connectivity index (χ1v) is 5.74. The molecule has 2 N–H and O–H groups in total. The summed E-state index contributed by atoms with van der Waals surface area (Å²) >= 11 is 5.94. The molecule has 3 heteroatoms. The van der Waals surface area contributed by atoms with Crippen LogP contribution < -0.4 is 5.32 Å². The van der Waals surface area contributed by atoms with Crippen molar-refractivity contribution in [1.29, 1.82) is 0 Å². The summed E-state index contributed by atoms with van der Waals surface area (Å²) in [5.41, 5.74) is 2.67. The summed E-state index contributed by atoms with van der Waals surface area (Å²) in [6, 6.07) is 6.44. The SMILES string of the molecule is C[C@H](O)CN[C@@H]1CCc2cc(Cl)ccc21. The number of halogens is 1. The van der Waals surface area contributed by atoms with E-state index in [1.54, 1.807) is 6.92 Å². The summed E-state index contributed by atoms with van der Waals surface area (Å²) in [5, 5.41) is 13.4. The fourth-order valence-electron chi connectivity index (χ4n) is 2.11. The van der Waals surface area contributed by atoms with E-state index in [1.165, 1.54) is 11.1 Å². The van der Waals surface area contributed by atoms with Crippen LogP contribution in [0.4, 0.5) is 0 Å². The van der Waals surface area contributed by atoms with Gasteiger partial charge in [-0.15, -0.1) is 0 Å². The Morgan fingerprint density at radius 2 is 2.40 bits per heavy atom. The van der Waals surface area contributed by atoms with Gasteiger partial charge in [-0.3, -0.25) is 0 Å². The van der Waals surface area contributed by atoms with E-state index < -0.39 is 0 Å². The third-order valence-electron chi connectivity index (χ3n) is 2.84. The van der Waals surface area contributed by atoms with E-state index in [2.05, 4.69) is 11.4 Å². The van der Waals surface area contributed by atoms with E-state index in [9.17, 15) is 5.11 Å². The minimum absolute atomic E-state index is 0.290. The van der Waals surface area contributed by atoms with Crippen molar-refractivity contribution in [2.24, 2.45) is 0 Å². The zero-order valence-corrected chi connectivity index (χ0v) is 9.59. The highest BCUT2D eigenvalue weighted by molar-refractivity contribution is 6.30. The molecule has 2 atom stereocenters. The quantitative estimate of drug-likeness (QED) is 0.828. The van der Waals surface area contributed by atoms with Crippen LogP contribution in [0.1, 0.15) is 30.5 Å². The third kappa shape index (κ3) is 2.51. The van der Waals surface area contributed by atoms with E-state index in [0.717, 1.165) is 17.9 Å². The Hall–Kier alpha value is -0.570. The van der Waals surface area contributed by atoms with Gasteiger partial charge in [0.05, 0.1) is 6.10 Å². The van der Waals surface area contributed by atoms with E-state index in [4.69, 9.17) is 11.6 Å². The molecule has 1 aromatic carbocycles. The van der Waals surface area contributed by atoms with Gasteiger partial charge in [-0.25, -0.2) is 0 Å². The number of hydrogen-bond donors (Lipinski definition) is 2. The Labute approximate surface area is 95.3 Å². The number of aliphatic hydroxyl groups is 1. The van der Waals surface area contributed by atoms with Gasteiger partial charge in [0.25, 0.3) is 0 Å². The van der Waals surface area contributed by atoms with Crippen LogP contribution in [-0.4, -0.2) is 17.8 Å². The number of aliphatic hydroxyl groups excluding tert-OH is 1. The van der Waals surface area contributed by atoms with Gasteiger partial charge in [-0.1, -0.05) is 17.7 Å². The molecule has 82 valence electrons. The molecule has 0 amide bonds. The Morgan fingerprint density at radius 3 is 3.13 bits per heavy atom. The first-order chi connectivity index (χ1) is 7.16. The van der Waals surface area contributed by atoms with Crippen LogP contribution in [0.5, 0.6) is 0 Å². The van der Waals surface area contributed by atoms with Crippen molar-refractivity contribution in [3.05, 3.63) is 34.3 Å². The molecule has 15 heavy (non-hydrogen) atoms. The van der Waals surface area contributed by atoms with E-state index in [1.807, 2.05) is 12.1 Å². The highest BCUT2D eigenvalue weighted by Crippen LogP contribution is 2.32. The van der Waals surface area contributed by atoms with Crippen molar-refractivity contribution < 1.29 is 5.11 Å². The van der Waals surface area contributed by atoms with Gasteiger partial charge >= 0.3 is 0 Å². The van der Waals surface area contributed by atoms with Crippen LogP contribution >= 0.6 is 11.6 Å². The molecule has 0 radical (unpaired) electrons. The first kappa shape index (κ1) is 10.9. The fourth-order valence-corrected chi connectivity index (χ4v) is 2.31. The molecule has 1 aliphatic rings. The van der Waals surface area contributed by atoms with Crippen molar-refractivity contribution in [3.8, 4) is 0 Å². The minimum Gasteiger partial charge on any atom is -0.392 e. The molecule has 1 aliphatic carbocycles. The molecule has 2 nitrogen and oxygen atoms in total. The number of hydrogen-bond acceptors (Lipinski definition) is 2. The molecule has 0 aliphatic heterocycles. The van der Waals surface area contributed by atoms with Crippen molar-refractivity contribution >= 4 is 11.6 Å². The normalized spacial score (nSPS) is 21.4. The number of rotatable bonds is 3. The number of benzene rings is 1. The molecule has 0 bridgehead atoms. The largest absolute Gasteiger partial charge is 0.392 e. The fraction of sp³-hybridized carbons (Fsp3) is 0.500. The lowest BCUT2D eigenvalue weighted by Gasteiger charge is -2.15. The van der Waals surface area contributed by atoms with Crippen molar-refractivity contribution in [2.75, 3.05) is 6.54 Å². The first-order valence-electron chi connectivity index (χ1n) is 5.36. The van der Waals surface area contributed by atoms with E-state index >= 15 is 0 Å². The molecule has 0 aromatic heterocycles. The minimum atomic E-state index is -0.290. The van der Waals surface area contributed by atoms with Crippen molar-refractivity contribution in [3.63, 3.8) is 0 Å². The highest BCUT2D eigenvalue weighted by Gasteiger charge is 2.21. The Balaban J connectivity index is 2.08. The molecule has 0 fully saturated rings. The molecule has 0 saturated carbocycles. The molecule has 0 unspecified atom stereocenters. The average molecular weight is 226 g/mol. The number of aryl methyl sites for hydroxylation is 1. The Bertz CT molecular complexity index is 351. The van der Waals surface area contributed by atoms with Crippen LogP contribution in [-0.2, 0) is 6.42 Å². The smallest absolute Gasteiger partial charge is 0.0636 e. The van der Waals surface area contributed by atoms with E-state index in [-0.39, 0.29) is 6.10 Å². The number of nitrogens with one attached hydrogen (secondary N) is 1. The van der Waals surface area contributed by atoms with Crippen LogP contribution in [0.15, 0.2) is 18.2 Å². The monoisotopic (exact) mass is 225 g/mol. The second-order valence-electron chi connectivity index (χ2n) is 4.19. The summed E-state index contributed by atoms with van der Waals surface area (Å²) in [7, 11) is 0. The van der Waals surface area contributed by atoms with Crippen LogP contribution in [0.3, 0.4) is 0 Å². The lowest BCUT2D eigenvalue weighted by molar-refractivity contribution is 0.186. The maximum atomic E-state index is 9.22. The Kier molecular flexibility index (Phi) is 3.29. The lowest BCUT2D eigenvalue weighted by atomic mass is 10.1. The molecular weight excluding hydrogens is 210 g/mol. The summed E-state index contributed by atoms with van der Waals surface area (Å²) < 4.78 is 0. The lowest BCUT2D eigenvalue weighted by Crippen LogP contribution is -2.27. The predicted molar refractivity (Wildman–Crippen MR) is 62.2 cm³/mol. The maximum Gasteiger partial charge on any atom is 0.0636 e. The summed E-state index contributed by atoms with van der Waals surface area (Å²) in [4.78, 5) is 0. The predicted octanol–water partition coefficient (Wildman–Crippen LogP) is 2.30. The summed E-state index contributed by atoms with van der Waals surface area (Å²) in [6.07, 6.45) is 1.89. The standard InChI is InChI=1S/C12H16ClNO/c1-8(15)7-14-12-5-2-9-6-10(13)3-4-11(9)12/h3-4,6,8,12,14-15H,2,5,7H2,1H3/t8-,12+/m0/s1. The zero-order valence-electron chi connectivity index (χ0n) is 8.83. The molecule has 0 saturated heterocycles. The van der Waals surface area contributed by atoms with Crippen LogP contribution in [0, 0.1) is 0 Å². The van der Waals surface area contributed by atoms with Gasteiger partial charge in [0.15, 0.2) is 0 Å². The Morgan fingerprint density at radius 1 is 1.60 bits per heavy atom. The molecule has 0 heterocycles. The van der Waals surface area contributed by atoms with Gasteiger partial charge in [-0.05, 0) is 43.0 Å². The summed E-state index contributed by atoms with van der Waals surface area (Å²) in [6.45, 7) is 2.44. The second-order valence-corrected chi connectivity index (χ2v) is 4.63. The van der Waals surface area contributed by atoms with Crippen LogP contribution in [0.2, 0.25) is 5.02 Å². The van der Waals surface area contributed by atoms with Gasteiger partial charge in [0.2, 0.25) is 0 Å².